The molecule has 0 radical (unpaired) electrons. The predicted octanol–water partition coefficient (Wildman–Crippen LogP) is 2.21. The number of aliphatic hydroxyl groups is 1. The molecule has 0 aromatic heterocycles. The molecule has 0 amide bonds. The molecule has 0 spiro atoms. The number of carbonyl (C=O) groups is 1. The molecule has 4 heteroatoms. The number of rotatable bonds is 7. The van der Waals surface area contributed by atoms with E-state index in [0.717, 1.165) is 18.4 Å². The zero-order valence-electron chi connectivity index (χ0n) is 12.9. The zero-order valence-corrected chi connectivity index (χ0v) is 12.9. The van der Waals surface area contributed by atoms with Crippen LogP contribution in [0.15, 0.2) is 30.3 Å². The van der Waals surface area contributed by atoms with Gasteiger partial charge in [-0.15, -0.1) is 0 Å². The first-order valence-electron chi connectivity index (χ1n) is 7.68. The Labute approximate surface area is 126 Å². The number of carbonyl (C=O) groups excluding carboxylic acids is 1. The van der Waals surface area contributed by atoms with Crippen molar-refractivity contribution in [2.24, 2.45) is 5.92 Å². The molecule has 1 aliphatic heterocycles. The Balaban J connectivity index is 1.69. The third-order valence-corrected chi connectivity index (χ3v) is 3.91. The van der Waals surface area contributed by atoms with Crippen molar-refractivity contribution in [3.8, 4) is 0 Å². The Morgan fingerprint density at radius 2 is 2.05 bits per heavy atom. The molecule has 1 aromatic rings. The van der Waals surface area contributed by atoms with Crippen molar-refractivity contribution in [3.63, 3.8) is 0 Å². The lowest BCUT2D eigenvalue weighted by atomic mass is 9.88. The number of hydrogen-bond acceptors (Lipinski definition) is 4. The SMILES string of the molecule is CCCC1(O)CN(CC(C)C(=O)OCc2ccccc2)C1. The van der Waals surface area contributed by atoms with Gasteiger partial charge >= 0.3 is 5.97 Å². The van der Waals surface area contributed by atoms with E-state index < -0.39 is 5.60 Å². The number of nitrogens with zero attached hydrogens (tertiary/aromatic N) is 1. The van der Waals surface area contributed by atoms with Crippen molar-refractivity contribution in [3.05, 3.63) is 35.9 Å². The minimum Gasteiger partial charge on any atom is -0.461 e. The standard InChI is InChI=1S/C17H25NO3/c1-3-9-17(20)12-18(13-17)10-14(2)16(19)21-11-15-7-5-4-6-8-15/h4-8,14,20H,3,9-13H2,1-2H3. The second-order valence-electron chi connectivity index (χ2n) is 6.14. The molecule has 1 unspecified atom stereocenters. The van der Waals surface area contributed by atoms with Gasteiger partial charge in [-0.2, -0.15) is 0 Å². The molecular weight excluding hydrogens is 266 g/mol. The topological polar surface area (TPSA) is 49.8 Å². The van der Waals surface area contributed by atoms with Gasteiger partial charge in [-0.1, -0.05) is 50.6 Å². The molecule has 0 aliphatic carbocycles. The van der Waals surface area contributed by atoms with Crippen molar-refractivity contribution in [2.75, 3.05) is 19.6 Å². The van der Waals surface area contributed by atoms with Crippen molar-refractivity contribution >= 4 is 5.97 Å². The van der Waals surface area contributed by atoms with Gasteiger partial charge in [0.15, 0.2) is 0 Å². The highest BCUT2D eigenvalue weighted by Gasteiger charge is 2.40. The molecule has 0 saturated carbocycles. The third-order valence-electron chi connectivity index (χ3n) is 3.91. The van der Waals surface area contributed by atoms with E-state index in [1.165, 1.54) is 0 Å². The number of benzene rings is 1. The first kappa shape index (κ1) is 16.0. The average molecular weight is 291 g/mol. The second-order valence-corrected chi connectivity index (χ2v) is 6.14. The molecule has 1 aromatic carbocycles. The van der Waals surface area contributed by atoms with Crippen LogP contribution < -0.4 is 0 Å². The fraction of sp³-hybridized carbons (Fsp3) is 0.588. The van der Waals surface area contributed by atoms with E-state index in [0.29, 0.717) is 26.2 Å². The van der Waals surface area contributed by atoms with Crippen molar-refractivity contribution in [1.29, 1.82) is 0 Å². The summed E-state index contributed by atoms with van der Waals surface area (Å²) in [5.41, 5.74) is 0.460. The molecule has 1 heterocycles. The number of likely N-dealkylation sites (tertiary alicyclic amines) is 1. The highest BCUT2D eigenvalue weighted by Crippen LogP contribution is 2.26. The number of ether oxygens (including phenoxy) is 1. The van der Waals surface area contributed by atoms with Crippen LogP contribution >= 0.6 is 0 Å². The zero-order chi connectivity index (χ0) is 15.3. The van der Waals surface area contributed by atoms with Gasteiger partial charge in [0.1, 0.15) is 6.61 Å². The minimum atomic E-state index is -0.539. The van der Waals surface area contributed by atoms with Gasteiger partial charge in [0.2, 0.25) is 0 Å². The summed E-state index contributed by atoms with van der Waals surface area (Å²) in [7, 11) is 0. The van der Waals surface area contributed by atoms with Crippen LogP contribution in [0.3, 0.4) is 0 Å². The summed E-state index contributed by atoms with van der Waals surface area (Å²) in [4.78, 5) is 14.1. The molecule has 116 valence electrons. The summed E-state index contributed by atoms with van der Waals surface area (Å²) in [5.74, 6) is -0.343. The van der Waals surface area contributed by atoms with Gasteiger partial charge in [0, 0.05) is 19.6 Å². The van der Waals surface area contributed by atoms with Crippen LogP contribution in [0.2, 0.25) is 0 Å². The average Bonchev–Trinajstić information content (AvgIpc) is 2.44. The molecule has 4 nitrogen and oxygen atoms in total. The van der Waals surface area contributed by atoms with Crippen LogP contribution in [0.5, 0.6) is 0 Å². The fourth-order valence-corrected chi connectivity index (χ4v) is 2.87. The van der Waals surface area contributed by atoms with E-state index in [4.69, 9.17) is 4.74 Å². The van der Waals surface area contributed by atoms with Crippen molar-refractivity contribution in [2.45, 2.75) is 38.9 Å². The summed E-state index contributed by atoms with van der Waals surface area (Å²) in [6.07, 6.45) is 1.81. The highest BCUT2D eigenvalue weighted by atomic mass is 16.5. The lowest BCUT2D eigenvalue weighted by molar-refractivity contribution is -0.153. The van der Waals surface area contributed by atoms with E-state index in [2.05, 4.69) is 11.8 Å². The minimum absolute atomic E-state index is 0.167. The summed E-state index contributed by atoms with van der Waals surface area (Å²) >= 11 is 0. The Morgan fingerprint density at radius 1 is 1.38 bits per heavy atom. The second kappa shape index (κ2) is 7.05. The van der Waals surface area contributed by atoms with Crippen molar-refractivity contribution < 1.29 is 14.6 Å². The van der Waals surface area contributed by atoms with Crippen LogP contribution in [0.4, 0.5) is 0 Å². The maximum absolute atomic E-state index is 12.0. The van der Waals surface area contributed by atoms with E-state index >= 15 is 0 Å². The molecule has 1 fully saturated rings. The Kier molecular flexibility index (Phi) is 5.37. The summed E-state index contributed by atoms with van der Waals surface area (Å²) in [6, 6.07) is 9.69. The lowest BCUT2D eigenvalue weighted by Gasteiger charge is -2.47. The molecule has 1 saturated heterocycles. The van der Waals surface area contributed by atoms with E-state index in [9.17, 15) is 9.90 Å². The lowest BCUT2D eigenvalue weighted by Crippen LogP contribution is -2.62. The molecule has 1 aliphatic rings. The third kappa shape index (κ3) is 4.55. The molecule has 1 atom stereocenters. The summed E-state index contributed by atoms with van der Waals surface area (Å²) < 4.78 is 5.33. The normalized spacial score (nSPS) is 18.8. The number of hydrogen-bond donors (Lipinski definition) is 1. The summed E-state index contributed by atoms with van der Waals surface area (Å²) in [5, 5.41) is 10.1. The molecular formula is C17H25NO3. The van der Waals surface area contributed by atoms with Crippen LogP contribution in [0.25, 0.3) is 0 Å². The van der Waals surface area contributed by atoms with Gasteiger partial charge in [0.05, 0.1) is 11.5 Å². The van der Waals surface area contributed by atoms with Crippen LogP contribution in [-0.4, -0.2) is 41.2 Å². The fourth-order valence-electron chi connectivity index (χ4n) is 2.87. The molecule has 0 bridgehead atoms. The van der Waals surface area contributed by atoms with E-state index in [1.807, 2.05) is 37.3 Å². The van der Waals surface area contributed by atoms with Crippen LogP contribution in [0, 0.1) is 5.92 Å². The quantitative estimate of drug-likeness (QED) is 0.783. The van der Waals surface area contributed by atoms with Crippen LogP contribution in [-0.2, 0) is 16.1 Å². The Morgan fingerprint density at radius 3 is 2.67 bits per heavy atom. The van der Waals surface area contributed by atoms with Gasteiger partial charge in [0.25, 0.3) is 0 Å². The van der Waals surface area contributed by atoms with E-state index in [1.54, 1.807) is 0 Å². The van der Waals surface area contributed by atoms with Gasteiger partial charge < -0.3 is 9.84 Å². The van der Waals surface area contributed by atoms with Gasteiger partial charge in [-0.05, 0) is 12.0 Å². The van der Waals surface area contributed by atoms with Gasteiger partial charge in [-0.3, -0.25) is 9.69 Å². The number of esters is 1. The maximum atomic E-state index is 12.0. The Bertz CT molecular complexity index is 454. The van der Waals surface area contributed by atoms with Crippen molar-refractivity contribution in [1.82, 2.24) is 4.90 Å². The summed E-state index contributed by atoms with van der Waals surface area (Å²) in [6.45, 7) is 6.26. The smallest absolute Gasteiger partial charge is 0.310 e. The Hall–Kier alpha value is -1.39. The van der Waals surface area contributed by atoms with Gasteiger partial charge in [-0.25, -0.2) is 0 Å². The highest BCUT2D eigenvalue weighted by molar-refractivity contribution is 5.72. The first-order chi connectivity index (χ1) is 10.0. The largest absolute Gasteiger partial charge is 0.461 e. The first-order valence-corrected chi connectivity index (χ1v) is 7.68. The molecule has 21 heavy (non-hydrogen) atoms. The number of β-amino-alcohol motifs (C(OH)–C–C–N with tert-alkyl or cyclic N) is 1. The monoisotopic (exact) mass is 291 g/mol. The maximum Gasteiger partial charge on any atom is 0.310 e. The van der Waals surface area contributed by atoms with Crippen LogP contribution in [0.1, 0.15) is 32.3 Å². The molecule has 1 N–H and O–H groups in total. The molecule has 2 rings (SSSR count). The van der Waals surface area contributed by atoms with E-state index in [-0.39, 0.29) is 11.9 Å². The predicted molar refractivity (Wildman–Crippen MR) is 81.7 cm³/mol.